The smallest absolute Gasteiger partial charge is 0.319 e. The molecule has 0 aliphatic carbocycles. The van der Waals surface area contributed by atoms with Gasteiger partial charge in [0.25, 0.3) is 0 Å². The predicted octanol–water partition coefficient (Wildman–Crippen LogP) is 2.62. The molecule has 2 heterocycles. The van der Waals surface area contributed by atoms with E-state index in [0.29, 0.717) is 30.5 Å². The van der Waals surface area contributed by atoms with E-state index >= 15 is 0 Å². The Morgan fingerprint density at radius 2 is 1.66 bits per heavy atom. The van der Waals surface area contributed by atoms with Crippen LogP contribution in [0.2, 0.25) is 0 Å². The van der Waals surface area contributed by atoms with E-state index in [1.807, 2.05) is 18.2 Å². The lowest BCUT2D eigenvalue weighted by Crippen LogP contribution is -2.43. The number of carbonyl (C=O) groups is 3. The molecule has 0 aromatic heterocycles. The number of unbranched alkanes of at least 4 members (excludes halogenated alkanes) is 3. The number of aliphatic hydroxyl groups is 1. The van der Waals surface area contributed by atoms with E-state index in [1.54, 1.807) is 12.1 Å². The summed E-state index contributed by atoms with van der Waals surface area (Å²) in [6, 6.07) is 8.67. The van der Waals surface area contributed by atoms with Crippen molar-refractivity contribution in [1.29, 1.82) is 0 Å². The maximum Gasteiger partial charge on any atom is 0.319 e. The number of urea groups is 1. The monoisotopic (exact) mass is 445 g/mol. The van der Waals surface area contributed by atoms with Gasteiger partial charge in [-0.05, 0) is 43.7 Å². The van der Waals surface area contributed by atoms with Crippen LogP contribution >= 0.6 is 0 Å². The van der Waals surface area contributed by atoms with Crippen LogP contribution in [-0.2, 0) is 14.3 Å². The molecule has 8 heteroatoms. The van der Waals surface area contributed by atoms with Gasteiger partial charge in [-0.25, -0.2) is 4.79 Å². The molecule has 2 aliphatic rings. The summed E-state index contributed by atoms with van der Waals surface area (Å²) in [7, 11) is 0. The number of rotatable bonds is 13. The lowest BCUT2D eigenvalue weighted by Gasteiger charge is -2.28. The predicted molar refractivity (Wildman–Crippen MR) is 121 cm³/mol. The van der Waals surface area contributed by atoms with Crippen LogP contribution in [0.25, 0.3) is 0 Å². The van der Waals surface area contributed by atoms with Crippen molar-refractivity contribution < 1.29 is 24.2 Å². The number of nitrogens with one attached hydrogen (secondary N) is 3. The molecule has 2 saturated heterocycles. The highest BCUT2D eigenvalue weighted by atomic mass is 16.5. The fourth-order valence-corrected chi connectivity index (χ4v) is 4.84. The maximum absolute atomic E-state index is 12.2. The standard InChI is InChI=1S/C24H35N3O5/c28-16-18(29)10-6-1-2-7-11-19-20(22-13-12-21(19)32-22)14-25-23(30)15-26-24(31)27-17-8-4-3-5-9-17/h3-5,8-9,19-22,28H,1-2,6-7,10-16H2,(H,25,30)(H2,26,27,31). The molecular weight excluding hydrogens is 410 g/mol. The number of carbonyl (C=O) groups excluding carboxylic acids is 3. The summed E-state index contributed by atoms with van der Waals surface area (Å²) in [5.41, 5.74) is 0.673. The van der Waals surface area contributed by atoms with E-state index in [2.05, 4.69) is 16.0 Å². The van der Waals surface area contributed by atoms with E-state index in [0.717, 1.165) is 44.9 Å². The molecule has 32 heavy (non-hydrogen) atoms. The first-order valence-electron chi connectivity index (χ1n) is 11.7. The van der Waals surface area contributed by atoms with Gasteiger partial charge in [0.15, 0.2) is 5.78 Å². The van der Waals surface area contributed by atoms with Gasteiger partial charge in [-0.1, -0.05) is 37.5 Å². The molecule has 4 unspecified atom stereocenters. The first-order chi connectivity index (χ1) is 15.6. The van der Waals surface area contributed by atoms with Gasteiger partial charge >= 0.3 is 6.03 Å². The Labute approximate surface area is 189 Å². The van der Waals surface area contributed by atoms with Gasteiger partial charge in [-0.2, -0.15) is 0 Å². The van der Waals surface area contributed by atoms with Crippen molar-refractivity contribution in [3.63, 3.8) is 0 Å². The van der Waals surface area contributed by atoms with E-state index in [1.165, 1.54) is 0 Å². The zero-order chi connectivity index (χ0) is 22.8. The number of ether oxygens (including phenoxy) is 1. The quantitative estimate of drug-likeness (QED) is 0.348. The van der Waals surface area contributed by atoms with Crippen molar-refractivity contribution in [2.24, 2.45) is 11.8 Å². The lowest BCUT2D eigenvalue weighted by molar-refractivity contribution is -0.122. The summed E-state index contributed by atoms with van der Waals surface area (Å²) in [6.07, 6.45) is 8.11. The number of Topliss-reactive ketones (excluding diaryl/α,β-unsaturated/α-hetero) is 1. The SMILES string of the molecule is O=C(CO)CCCCCCC1C2CCC(O2)C1CNC(=O)CNC(=O)Nc1ccccc1. The Morgan fingerprint density at radius 3 is 2.41 bits per heavy atom. The summed E-state index contributed by atoms with van der Waals surface area (Å²) in [6.45, 7) is 0.137. The number of fused-ring (bicyclic) bond motifs is 2. The summed E-state index contributed by atoms with van der Waals surface area (Å²) < 4.78 is 6.12. The van der Waals surface area contributed by atoms with E-state index in [4.69, 9.17) is 9.84 Å². The molecule has 4 N–H and O–H groups in total. The van der Waals surface area contributed by atoms with Gasteiger partial charge in [-0.3, -0.25) is 9.59 Å². The number of amides is 3. The molecule has 2 fully saturated rings. The van der Waals surface area contributed by atoms with Crippen LogP contribution in [0.15, 0.2) is 30.3 Å². The largest absolute Gasteiger partial charge is 0.389 e. The van der Waals surface area contributed by atoms with Crippen molar-refractivity contribution in [2.75, 3.05) is 25.0 Å². The minimum absolute atomic E-state index is 0.0719. The molecule has 3 amide bonds. The molecule has 1 aromatic rings. The summed E-state index contributed by atoms with van der Waals surface area (Å²) in [5, 5.41) is 17.0. The normalized spacial score (nSPS) is 23.7. The Bertz CT molecular complexity index is 757. The van der Waals surface area contributed by atoms with Crippen LogP contribution < -0.4 is 16.0 Å². The molecule has 0 saturated carbocycles. The Morgan fingerprint density at radius 1 is 0.938 bits per heavy atom. The van der Waals surface area contributed by atoms with Crippen LogP contribution in [0, 0.1) is 11.8 Å². The van der Waals surface area contributed by atoms with Crippen LogP contribution in [0.3, 0.4) is 0 Å². The number of ketones is 1. The summed E-state index contributed by atoms with van der Waals surface area (Å²) in [4.78, 5) is 35.3. The lowest BCUT2D eigenvalue weighted by atomic mass is 9.76. The third-order valence-corrected chi connectivity index (χ3v) is 6.49. The fraction of sp³-hybridized carbons (Fsp3) is 0.625. The second-order valence-electron chi connectivity index (χ2n) is 8.75. The molecule has 2 bridgehead atoms. The average molecular weight is 446 g/mol. The fourth-order valence-electron chi connectivity index (χ4n) is 4.84. The van der Waals surface area contributed by atoms with E-state index < -0.39 is 6.03 Å². The molecule has 0 spiro atoms. The molecule has 2 aliphatic heterocycles. The van der Waals surface area contributed by atoms with Crippen molar-refractivity contribution in [3.8, 4) is 0 Å². The first kappa shape index (κ1) is 24.2. The zero-order valence-electron chi connectivity index (χ0n) is 18.6. The number of para-hydroxylation sites is 1. The third-order valence-electron chi connectivity index (χ3n) is 6.49. The van der Waals surface area contributed by atoms with Gasteiger partial charge in [0.05, 0.1) is 18.8 Å². The molecular formula is C24H35N3O5. The highest BCUT2D eigenvalue weighted by molar-refractivity contribution is 5.92. The third kappa shape index (κ3) is 7.31. The van der Waals surface area contributed by atoms with Crippen LogP contribution in [0.5, 0.6) is 0 Å². The minimum atomic E-state index is -0.409. The van der Waals surface area contributed by atoms with Gasteiger partial charge in [0.1, 0.15) is 6.61 Å². The number of aliphatic hydroxyl groups excluding tert-OH is 1. The van der Waals surface area contributed by atoms with Crippen molar-refractivity contribution in [1.82, 2.24) is 10.6 Å². The molecule has 8 nitrogen and oxygen atoms in total. The molecule has 1 aromatic carbocycles. The van der Waals surface area contributed by atoms with Gasteiger partial charge in [0, 0.05) is 24.6 Å². The number of hydrogen-bond acceptors (Lipinski definition) is 5. The van der Waals surface area contributed by atoms with Crippen molar-refractivity contribution >= 4 is 23.4 Å². The maximum atomic E-state index is 12.2. The number of hydrogen-bond donors (Lipinski definition) is 4. The summed E-state index contributed by atoms with van der Waals surface area (Å²) in [5.74, 6) is 0.465. The summed E-state index contributed by atoms with van der Waals surface area (Å²) >= 11 is 0. The Hall–Kier alpha value is -2.45. The molecule has 0 radical (unpaired) electrons. The van der Waals surface area contributed by atoms with Crippen LogP contribution in [0.4, 0.5) is 10.5 Å². The molecule has 3 rings (SSSR count). The Kier molecular flexibility index (Phi) is 9.49. The van der Waals surface area contributed by atoms with E-state index in [-0.39, 0.29) is 37.0 Å². The first-order valence-corrected chi connectivity index (χ1v) is 11.7. The minimum Gasteiger partial charge on any atom is -0.389 e. The highest BCUT2D eigenvalue weighted by Crippen LogP contribution is 2.45. The van der Waals surface area contributed by atoms with Gasteiger partial charge in [0.2, 0.25) is 5.91 Å². The number of benzene rings is 1. The second-order valence-corrected chi connectivity index (χ2v) is 8.75. The number of anilines is 1. The molecule has 4 atom stereocenters. The topological polar surface area (TPSA) is 117 Å². The molecule has 176 valence electrons. The van der Waals surface area contributed by atoms with Crippen LogP contribution in [-0.4, -0.2) is 54.7 Å². The van der Waals surface area contributed by atoms with Crippen molar-refractivity contribution in [3.05, 3.63) is 30.3 Å². The van der Waals surface area contributed by atoms with E-state index in [9.17, 15) is 14.4 Å². The average Bonchev–Trinajstić information content (AvgIpc) is 3.41. The van der Waals surface area contributed by atoms with Gasteiger partial charge < -0.3 is 25.8 Å². The van der Waals surface area contributed by atoms with Crippen LogP contribution in [0.1, 0.15) is 51.4 Å². The Balaban J connectivity index is 1.33. The van der Waals surface area contributed by atoms with Gasteiger partial charge in [-0.15, -0.1) is 0 Å². The van der Waals surface area contributed by atoms with Crippen molar-refractivity contribution in [2.45, 2.75) is 63.6 Å². The zero-order valence-corrected chi connectivity index (χ0v) is 18.6. The second kappa shape index (κ2) is 12.6. The highest BCUT2D eigenvalue weighted by Gasteiger charge is 2.48.